The van der Waals surface area contributed by atoms with Crippen molar-refractivity contribution in [1.29, 1.82) is 0 Å². The molecule has 6 heteroatoms. The van der Waals surface area contributed by atoms with E-state index in [1.165, 1.54) is 4.88 Å². The number of hydrogen-bond donors (Lipinski definition) is 2. The third kappa shape index (κ3) is 2.71. The van der Waals surface area contributed by atoms with Gasteiger partial charge in [0.2, 0.25) is 5.91 Å². The van der Waals surface area contributed by atoms with Gasteiger partial charge in [0, 0.05) is 24.0 Å². The summed E-state index contributed by atoms with van der Waals surface area (Å²) in [5, 5.41) is 2.92. The molecule has 0 saturated heterocycles. The van der Waals surface area contributed by atoms with Crippen molar-refractivity contribution in [2.75, 3.05) is 23.0 Å². The summed E-state index contributed by atoms with van der Waals surface area (Å²) in [6.07, 6.45) is 1.28. The molecule has 1 aliphatic rings. The predicted molar refractivity (Wildman–Crippen MR) is 86.8 cm³/mol. The molecule has 0 saturated carbocycles. The number of carbonyl (C=O) groups excluding carboxylic acids is 1. The maximum Gasteiger partial charge on any atom is 0.224 e. The number of nitrogens with zero attached hydrogens (tertiary/aromatic N) is 2. The summed E-state index contributed by atoms with van der Waals surface area (Å²) < 4.78 is 0. The lowest BCUT2D eigenvalue weighted by atomic mass is 10.0. The molecule has 0 fully saturated rings. The number of fused-ring (bicyclic) bond motifs is 1. The van der Waals surface area contributed by atoms with E-state index in [-0.39, 0.29) is 5.91 Å². The van der Waals surface area contributed by atoms with Crippen molar-refractivity contribution in [3.63, 3.8) is 0 Å². The highest BCUT2D eigenvalue weighted by Crippen LogP contribution is 2.33. The van der Waals surface area contributed by atoms with Crippen molar-refractivity contribution in [2.45, 2.75) is 26.3 Å². The Hall–Kier alpha value is -2.08. The normalized spacial score (nSPS) is 13.7. The maximum absolute atomic E-state index is 11.5. The van der Waals surface area contributed by atoms with Crippen LogP contribution in [0.2, 0.25) is 0 Å². The quantitative estimate of drug-likeness (QED) is 0.855. The van der Waals surface area contributed by atoms with Crippen molar-refractivity contribution in [1.82, 2.24) is 4.98 Å². The summed E-state index contributed by atoms with van der Waals surface area (Å²) >= 11 is 1.64. The number of nitrogen functional groups attached to an aromatic ring is 1. The first-order valence-corrected chi connectivity index (χ1v) is 7.75. The van der Waals surface area contributed by atoms with Crippen molar-refractivity contribution in [2.24, 2.45) is 0 Å². The van der Waals surface area contributed by atoms with Crippen LogP contribution in [0.4, 0.5) is 17.1 Å². The molecule has 2 aromatic rings. The molecular formula is C15H18N4OS. The molecule has 3 N–H and O–H groups in total. The molecule has 0 atom stereocenters. The number of anilines is 3. The first-order chi connectivity index (χ1) is 10.0. The lowest BCUT2D eigenvalue weighted by Crippen LogP contribution is -2.22. The van der Waals surface area contributed by atoms with Crippen LogP contribution < -0.4 is 16.0 Å². The Morgan fingerprint density at radius 1 is 1.43 bits per heavy atom. The van der Waals surface area contributed by atoms with Crippen LogP contribution in [0.3, 0.4) is 0 Å². The van der Waals surface area contributed by atoms with Gasteiger partial charge in [-0.15, -0.1) is 11.3 Å². The zero-order valence-electron chi connectivity index (χ0n) is 12.1. The van der Waals surface area contributed by atoms with Gasteiger partial charge in [-0.1, -0.05) is 0 Å². The van der Waals surface area contributed by atoms with Crippen LogP contribution >= 0.6 is 11.3 Å². The summed E-state index contributed by atoms with van der Waals surface area (Å²) in [4.78, 5) is 19.1. The van der Waals surface area contributed by atoms with Gasteiger partial charge < -0.3 is 16.0 Å². The molecule has 0 unspecified atom stereocenters. The third-order valence-corrected chi connectivity index (χ3v) is 4.70. The highest BCUT2D eigenvalue weighted by atomic mass is 32.1. The molecule has 2 heterocycles. The lowest BCUT2D eigenvalue weighted by molar-refractivity contribution is -0.116. The fourth-order valence-corrected chi connectivity index (χ4v) is 3.37. The number of carbonyl (C=O) groups is 1. The van der Waals surface area contributed by atoms with Gasteiger partial charge in [-0.3, -0.25) is 4.79 Å². The smallest absolute Gasteiger partial charge is 0.224 e. The molecule has 1 aliphatic heterocycles. The van der Waals surface area contributed by atoms with E-state index in [0.29, 0.717) is 6.42 Å². The topological polar surface area (TPSA) is 71.2 Å². The third-order valence-electron chi connectivity index (χ3n) is 3.78. The minimum Gasteiger partial charge on any atom is -0.397 e. The number of benzene rings is 1. The van der Waals surface area contributed by atoms with E-state index in [9.17, 15) is 4.79 Å². The van der Waals surface area contributed by atoms with Crippen LogP contribution in [0, 0.1) is 6.92 Å². The Morgan fingerprint density at radius 2 is 2.24 bits per heavy atom. The van der Waals surface area contributed by atoms with Gasteiger partial charge in [-0.05, 0) is 31.0 Å². The van der Waals surface area contributed by atoms with Gasteiger partial charge in [-0.2, -0.15) is 0 Å². The number of thiazole rings is 1. The molecule has 0 bridgehead atoms. The van der Waals surface area contributed by atoms with Gasteiger partial charge in [-0.25, -0.2) is 4.98 Å². The molecule has 0 aliphatic carbocycles. The predicted octanol–water partition coefficient (Wildman–Crippen LogP) is 2.55. The van der Waals surface area contributed by atoms with Crippen molar-refractivity contribution in [3.05, 3.63) is 33.8 Å². The van der Waals surface area contributed by atoms with Crippen LogP contribution in [0.25, 0.3) is 0 Å². The largest absolute Gasteiger partial charge is 0.397 e. The van der Waals surface area contributed by atoms with Gasteiger partial charge >= 0.3 is 0 Å². The van der Waals surface area contributed by atoms with E-state index in [1.807, 2.05) is 31.6 Å². The molecule has 110 valence electrons. The van der Waals surface area contributed by atoms with Gasteiger partial charge in [0.05, 0.1) is 29.1 Å². The monoisotopic (exact) mass is 302 g/mol. The zero-order valence-corrected chi connectivity index (χ0v) is 13.0. The van der Waals surface area contributed by atoms with Gasteiger partial charge in [0.15, 0.2) is 0 Å². The second kappa shape index (κ2) is 5.37. The van der Waals surface area contributed by atoms with Crippen molar-refractivity contribution < 1.29 is 4.79 Å². The highest BCUT2D eigenvalue weighted by molar-refractivity contribution is 7.09. The SMILES string of the molecule is Cc1ncsc1CN(C)c1cc2c(cc1N)CCC(=O)N2. The molecular weight excluding hydrogens is 284 g/mol. The van der Waals surface area contributed by atoms with Crippen LogP contribution in [-0.2, 0) is 17.8 Å². The summed E-state index contributed by atoms with van der Waals surface area (Å²) in [5.41, 5.74) is 12.8. The van der Waals surface area contributed by atoms with E-state index in [4.69, 9.17) is 5.73 Å². The average Bonchev–Trinajstić information content (AvgIpc) is 2.84. The number of amides is 1. The fraction of sp³-hybridized carbons (Fsp3) is 0.333. The minimum atomic E-state index is 0.0687. The minimum absolute atomic E-state index is 0.0687. The summed E-state index contributed by atoms with van der Waals surface area (Å²) in [6.45, 7) is 2.77. The average molecular weight is 302 g/mol. The Balaban J connectivity index is 1.89. The van der Waals surface area contributed by atoms with E-state index in [1.54, 1.807) is 11.3 Å². The van der Waals surface area contributed by atoms with E-state index < -0.39 is 0 Å². The number of aromatic nitrogens is 1. The summed E-state index contributed by atoms with van der Waals surface area (Å²) in [7, 11) is 2.00. The fourth-order valence-electron chi connectivity index (χ4n) is 2.55. The Labute approximate surface area is 127 Å². The maximum atomic E-state index is 11.5. The number of rotatable bonds is 3. The standard InChI is InChI=1S/C15H18N4OS/c1-9-14(21-8-17-9)7-19(2)13-6-12-10(5-11(13)16)3-4-15(20)18-12/h5-6,8H,3-4,7,16H2,1-2H3,(H,18,20). The van der Waals surface area contributed by atoms with Crippen LogP contribution in [0.1, 0.15) is 22.6 Å². The van der Waals surface area contributed by atoms with E-state index >= 15 is 0 Å². The van der Waals surface area contributed by atoms with Crippen molar-refractivity contribution in [3.8, 4) is 0 Å². The zero-order chi connectivity index (χ0) is 15.0. The Morgan fingerprint density at radius 3 is 2.95 bits per heavy atom. The molecule has 1 aromatic carbocycles. The first kappa shape index (κ1) is 13.9. The Bertz CT molecular complexity index is 695. The van der Waals surface area contributed by atoms with Crippen molar-refractivity contribution >= 4 is 34.3 Å². The molecule has 1 amide bonds. The number of nitrogens with one attached hydrogen (secondary N) is 1. The second-order valence-corrected chi connectivity index (χ2v) is 6.27. The molecule has 5 nitrogen and oxygen atoms in total. The van der Waals surface area contributed by atoms with Gasteiger partial charge in [0.1, 0.15) is 0 Å². The molecule has 0 spiro atoms. The molecule has 0 radical (unpaired) electrons. The van der Waals surface area contributed by atoms with Crippen LogP contribution in [-0.4, -0.2) is 17.9 Å². The van der Waals surface area contributed by atoms with Gasteiger partial charge in [0.25, 0.3) is 0 Å². The van der Waals surface area contributed by atoms with Crippen LogP contribution in [0.5, 0.6) is 0 Å². The number of aryl methyl sites for hydroxylation is 2. The van der Waals surface area contributed by atoms with E-state index in [2.05, 4.69) is 15.2 Å². The lowest BCUT2D eigenvalue weighted by Gasteiger charge is -2.25. The molecule has 21 heavy (non-hydrogen) atoms. The van der Waals surface area contributed by atoms with Crippen LogP contribution in [0.15, 0.2) is 17.6 Å². The molecule has 3 rings (SSSR count). The first-order valence-electron chi connectivity index (χ1n) is 6.87. The Kier molecular flexibility index (Phi) is 3.55. The number of hydrogen-bond acceptors (Lipinski definition) is 5. The highest BCUT2D eigenvalue weighted by Gasteiger charge is 2.18. The summed E-state index contributed by atoms with van der Waals surface area (Å²) in [5.74, 6) is 0.0687. The second-order valence-electron chi connectivity index (χ2n) is 5.33. The van der Waals surface area contributed by atoms with E-state index in [0.717, 1.165) is 41.3 Å². The summed E-state index contributed by atoms with van der Waals surface area (Å²) in [6, 6.07) is 3.94. The number of nitrogens with two attached hydrogens (primary N) is 1. The molecule has 1 aromatic heterocycles.